The van der Waals surface area contributed by atoms with Crippen molar-refractivity contribution in [3.8, 4) is 11.6 Å². The predicted octanol–water partition coefficient (Wildman–Crippen LogP) is 4.67. The highest BCUT2D eigenvalue weighted by atomic mass is 79.9. The molecule has 2 aromatic heterocycles. The lowest BCUT2D eigenvalue weighted by atomic mass is 10.2. The van der Waals surface area contributed by atoms with Gasteiger partial charge in [-0.25, -0.2) is 14.5 Å². The van der Waals surface area contributed by atoms with Crippen LogP contribution in [0.1, 0.15) is 27.4 Å². The highest BCUT2D eigenvalue weighted by Gasteiger charge is 2.17. The minimum atomic E-state index is -0.620. The summed E-state index contributed by atoms with van der Waals surface area (Å²) in [6.45, 7) is 3.83. The Morgan fingerprint density at radius 2 is 2.00 bits per heavy atom. The summed E-state index contributed by atoms with van der Waals surface area (Å²) in [6.07, 6.45) is 0. The highest BCUT2D eigenvalue weighted by Crippen LogP contribution is 2.25. The van der Waals surface area contributed by atoms with Crippen LogP contribution in [0.4, 0.5) is 0 Å². The molecule has 140 valence electrons. The number of hydrogen-bond donors (Lipinski definition) is 0. The largest absolute Gasteiger partial charge is 0.496 e. The highest BCUT2D eigenvalue weighted by molar-refractivity contribution is 9.10. The van der Waals surface area contributed by atoms with Crippen molar-refractivity contribution >= 4 is 33.5 Å². The number of hydrogen-bond acceptors (Lipinski definition) is 5. The topological polar surface area (TPSA) is 66.2 Å². The molecule has 2 heterocycles. The first-order valence-electron chi connectivity index (χ1n) is 8.08. The van der Waals surface area contributed by atoms with Crippen LogP contribution in [0.25, 0.3) is 5.82 Å². The SMILES string of the molecule is COc1ccc(Br)cc1COC(=O)c1nc(-n2nc(C)cc2C)ccc1Cl. The van der Waals surface area contributed by atoms with E-state index in [9.17, 15) is 4.79 Å². The summed E-state index contributed by atoms with van der Waals surface area (Å²) in [5, 5.41) is 4.59. The van der Waals surface area contributed by atoms with Crippen molar-refractivity contribution < 1.29 is 14.3 Å². The van der Waals surface area contributed by atoms with Crippen LogP contribution in [0.15, 0.2) is 40.9 Å². The number of aryl methyl sites for hydroxylation is 2. The lowest BCUT2D eigenvalue weighted by Crippen LogP contribution is -2.12. The average molecular weight is 451 g/mol. The smallest absolute Gasteiger partial charge is 0.358 e. The number of nitrogens with zero attached hydrogens (tertiary/aromatic N) is 3. The van der Waals surface area contributed by atoms with Crippen molar-refractivity contribution in [2.24, 2.45) is 0 Å². The van der Waals surface area contributed by atoms with Gasteiger partial charge in [-0.05, 0) is 50.2 Å². The zero-order chi connectivity index (χ0) is 19.6. The Morgan fingerprint density at radius 3 is 2.67 bits per heavy atom. The molecular formula is C19H17BrClN3O3. The van der Waals surface area contributed by atoms with Crippen LogP contribution in [0.5, 0.6) is 5.75 Å². The molecule has 0 saturated carbocycles. The fourth-order valence-corrected chi connectivity index (χ4v) is 3.22. The molecule has 0 saturated heterocycles. The van der Waals surface area contributed by atoms with E-state index in [4.69, 9.17) is 21.1 Å². The molecule has 1 aromatic carbocycles. The lowest BCUT2D eigenvalue weighted by molar-refractivity contribution is 0.0463. The van der Waals surface area contributed by atoms with Gasteiger partial charge in [0.2, 0.25) is 0 Å². The Labute approximate surface area is 170 Å². The standard InChI is InChI=1S/C19H17BrClN3O3/c1-11-8-12(2)24(23-11)17-7-5-15(21)18(22-17)19(25)27-10-13-9-14(20)4-6-16(13)26-3/h4-9H,10H2,1-3H3. The number of methoxy groups -OCH3 is 1. The van der Waals surface area contributed by atoms with E-state index in [1.165, 1.54) is 0 Å². The van der Waals surface area contributed by atoms with Gasteiger partial charge < -0.3 is 9.47 Å². The summed E-state index contributed by atoms with van der Waals surface area (Å²) >= 11 is 9.56. The number of ether oxygens (including phenoxy) is 2. The molecule has 0 radical (unpaired) electrons. The van der Waals surface area contributed by atoms with Gasteiger partial charge in [-0.15, -0.1) is 0 Å². The van der Waals surface area contributed by atoms with Gasteiger partial charge in [-0.2, -0.15) is 5.10 Å². The number of carbonyl (C=O) groups excluding carboxylic acids is 1. The summed E-state index contributed by atoms with van der Waals surface area (Å²) in [5.74, 6) is 0.504. The summed E-state index contributed by atoms with van der Waals surface area (Å²) < 4.78 is 13.2. The molecule has 0 atom stereocenters. The van der Waals surface area contributed by atoms with Gasteiger partial charge >= 0.3 is 5.97 Å². The molecule has 6 nitrogen and oxygen atoms in total. The quantitative estimate of drug-likeness (QED) is 0.529. The molecule has 3 aromatic rings. The van der Waals surface area contributed by atoms with Crippen LogP contribution < -0.4 is 4.74 Å². The van der Waals surface area contributed by atoms with Crippen molar-refractivity contribution in [2.75, 3.05) is 7.11 Å². The molecule has 0 fully saturated rings. The van der Waals surface area contributed by atoms with Crippen molar-refractivity contribution in [2.45, 2.75) is 20.5 Å². The van der Waals surface area contributed by atoms with Crippen LogP contribution in [0.2, 0.25) is 5.02 Å². The van der Waals surface area contributed by atoms with Crippen molar-refractivity contribution in [3.05, 3.63) is 68.5 Å². The third kappa shape index (κ3) is 4.31. The Hall–Kier alpha value is -2.38. The molecule has 0 aliphatic rings. The number of benzene rings is 1. The molecule has 0 bridgehead atoms. The third-order valence-electron chi connectivity index (χ3n) is 3.85. The number of aromatic nitrogens is 3. The van der Waals surface area contributed by atoms with E-state index in [1.807, 2.05) is 32.0 Å². The van der Waals surface area contributed by atoms with Crippen molar-refractivity contribution in [1.82, 2.24) is 14.8 Å². The van der Waals surface area contributed by atoms with E-state index in [2.05, 4.69) is 26.0 Å². The van der Waals surface area contributed by atoms with E-state index in [1.54, 1.807) is 30.0 Å². The molecule has 0 unspecified atom stereocenters. The molecule has 0 spiro atoms. The predicted molar refractivity (Wildman–Crippen MR) is 106 cm³/mol. The monoisotopic (exact) mass is 449 g/mol. The molecule has 0 amide bonds. The van der Waals surface area contributed by atoms with Crippen LogP contribution in [0.3, 0.4) is 0 Å². The zero-order valence-electron chi connectivity index (χ0n) is 15.0. The molecular weight excluding hydrogens is 434 g/mol. The fraction of sp³-hybridized carbons (Fsp3) is 0.211. The number of halogens is 2. The van der Waals surface area contributed by atoms with E-state index >= 15 is 0 Å². The van der Waals surface area contributed by atoms with Gasteiger partial charge in [0.15, 0.2) is 11.5 Å². The van der Waals surface area contributed by atoms with Crippen LogP contribution in [0, 0.1) is 13.8 Å². The first-order valence-corrected chi connectivity index (χ1v) is 9.26. The first kappa shape index (κ1) is 19.4. The minimum Gasteiger partial charge on any atom is -0.496 e. The first-order chi connectivity index (χ1) is 12.9. The molecule has 0 N–H and O–H groups in total. The molecule has 3 rings (SSSR count). The second-order valence-electron chi connectivity index (χ2n) is 5.87. The van der Waals surface area contributed by atoms with Gasteiger partial charge in [0, 0.05) is 15.7 Å². The Bertz CT molecular complexity index is 1000. The molecule has 27 heavy (non-hydrogen) atoms. The number of esters is 1. The van der Waals surface area contributed by atoms with Crippen LogP contribution in [-0.2, 0) is 11.3 Å². The Morgan fingerprint density at radius 1 is 1.22 bits per heavy atom. The summed E-state index contributed by atoms with van der Waals surface area (Å²) in [4.78, 5) is 16.9. The minimum absolute atomic E-state index is 0.0313. The molecule has 0 aliphatic heterocycles. The van der Waals surface area contributed by atoms with Crippen molar-refractivity contribution in [3.63, 3.8) is 0 Å². The second-order valence-corrected chi connectivity index (χ2v) is 7.19. The van der Waals surface area contributed by atoms with Gasteiger partial charge in [0.25, 0.3) is 0 Å². The summed E-state index contributed by atoms with van der Waals surface area (Å²) in [6, 6.07) is 10.7. The summed E-state index contributed by atoms with van der Waals surface area (Å²) in [5.41, 5.74) is 2.53. The van der Waals surface area contributed by atoms with Crippen LogP contribution in [-0.4, -0.2) is 27.8 Å². The van der Waals surface area contributed by atoms with Crippen LogP contribution >= 0.6 is 27.5 Å². The Balaban J connectivity index is 1.84. The van der Waals surface area contributed by atoms with Gasteiger partial charge in [-0.1, -0.05) is 27.5 Å². The molecule has 8 heteroatoms. The fourth-order valence-electron chi connectivity index (χ4n) is 2.63. The normalized spacial score (nSPS) is 10.7. The number of carbonyl (C=O) groups is 1. The number of pyridine rings is 1. The van der Waals surface area contributed by atoms with E-state index in [0.29, 0.717) is 11.6 Å². The van der Waals surface area contributed by atoms with Crippen molar-refractivity contribution in [1.29, 1.82) is 0 Å². The maximum atomic E-state index is 12.5. The van der Waals surface area contributed by atoms with Gasteiger partial charge in [-0.3, -0.25) is 0 Å². The van der Waals surface area contributed by atoms with E-state index in [-0.39, 0.29) is 17.3 Å². The van der Waals surface area contributed by atoms with Gasteiger partial charge in [0.1, 0.15) is 12.4 Å². The maximum absolute atomic E-state index is 12.5. The molecule has 0 aliphatic carbocycles. The third-order valence-corrected chi connectivity index (χ3v) is 4.65. The number of rotatable bonds is 5. The van der Waals surface area contributed by atoms with Gasteiger partial charge in [0.05, 0.1) is 17.8 Å². The maximum Gasteiger partial charge on any atom is 0.358 e. The van der Waals surface area contributed by atoms with E-state index in [0.717, 1.165) is 21.4 Å². The Kier molecular flexibility index (Phi) is 5.82. The average Bonchev–Trinajstić information content (AvgIpc) is 2.98. The second kappa shape index (κ2) is 8.10. The van der Waals surface area contributed by atoms with E-state index < -0.39 is 5.97 Å². The lowest BCUT2D eigenvalue weighted by Gasteiger charge is -2.11. The summed E-state index contributed by atoms with van der Waals surface area (Å²) in [7, 11) is 1.56. The zero-order valence-corrected chi connectivity index (χ0v) is 17.3.